The van der Waals surface area contributed by atoms with Crippen LogP contribution in [0.5, 0.6) is 0 Å². The van der Waals surface area contributed by atoms with Crippen molar-refractivity contribution in [3.8, 4) is 0 Å². The summed E-state index contributed by atoms with van der Waals surface area (Å²) in [6.45, 7) is 0. The van der Waals surface area contributed by atoms with Gasteiger partial charge >= 0.3 is 0 Å². The summed E-state index contributed by atoms with van der Waals surface area (Å²) in [5.41, 5.74) is 0. The maximum Gasteiger partial charge on any atom is 0.261 e. The normalized spacial score (nSPS) is 8.29. The van der Waals surface area contributed by atoms with Gasteiger partial charge in [-0.3, -0.25) is 4.55 Å². The van der Waals surface area contributed by atoms with Crippen molar-refractivity contribution in [3.05, 3.63) is 0 Å². The molecule has 6 heteroatoms. The van der Waals surface area contributed by atoms with Crippen LogP contribution in [-0.4, -0.2) is 24.7 Å². The largest absolute Gasteiger partial charge is 0.412 e. The van der Waals surface area contributed by atoms with E-state index in [4.69, 9.17) is 4.55 Å². The molecule has 51 valence electrons. The van der Waals surface area contributed by atoms with Crippen molar-refractivity contribution in [2.75, 3.05) is 6.26 Å². The Morgan fingerprint density at radius 3 is 1.43 bits per heavy atom. The van der Waals surface area contributed by atoms with E-state index < -0.39 is 10.1 Å². The van der Waals surface area contributed by atoms with Crippen molar-refractivity contribution in [1.82, 2.24) is 0 Å². The van der Waals surface area contributed by atoms with Crippen LogP contribution in [0.2, 0.25) is 0 Å². The smallest absolute Gasteiger partial charge is 0.261 e. The van der Waals surface area contributed by atoms with E-state index in [0.717, 1.165) is 0 Å². The molecule has 0 aliphatic heterocycles. The molecular weight excluding hydrogens is 172 g/mol. The van der Waals surface area contributed by atoms with Gasteiger partial charge in [0.2, 0.25) is 0 Å². The minimum absolute atomic E-state index is 0. The summed E-state index contributed by atoms with van der Waals surface area (Å²) >= 11 is 0. The van der Waals surface area contributed by atoms with Gasteiger partial charge in [0.15, 0.2) is 0 Å². The summed E-state index contributed by atoms with van der Waals surface area (Å²) in [4.78, 5) is 0. The minimum atomic E-state index is -3.67. The molecule has 1 radical (unpaired) electrons. The molecule has 4 nitrogen and oxygen atoms in total. The Hall–Kier alpha value is 0.389. The molecule has 0 amide bonds. The third-order valence-electron chi connectivity index (χ3n) is 0. The van der Waals surface area contributed by atoms with Crippen LogP contribution in [0.25, 0.3) is 0 Å². The Kier molecular flexibility index (Phi) is 10.2. The van der Waals surface area contributed by atoms with Crippen LogP contribution in [0.4, 0.5) is 0 Å². The van der Waals surface area contributed by atoms with Crippen molar-refractivity contribution in [3.63, 3.8) is 0 Å². The number of hydrogen-bond acceptors (Lipinski definition) is 2. The average Bonchev–Trinajstić information content (AvgIpc) is 0.722. The summed E-state index contributed by atoms with van der Waals surface area (Å²) in [5, 5.41) is 0. The quantitative estimate of drug-likeness (QED) is 0.368. The Morgan fingerprint density at radius 2 is 1.43 bits per heavy atom. The van der Waals surface area contributed by atoms with Gasteiger partial charge < -0.3 is 5.48 Å². The second-order valence-corrected chi connectivity index (χ2v) is 2.20. The predicted molar refractivity (Wildman–Crippen MR) is 21.1 cm³/mol. The zero-order valence-corrected chi connectivity index (χ0v) is 5.23. The summed E-state index contributed by atoms with van der Waals surface area (Å²) in [7, 11) is -3.67. The average molecular weight is 178 g/mol. The summed E-state index contributed by atoms with van der Waals surface area (Å²) in [6, 6.07) is 0. The van der Waals surface area contributed by atoms with Crippen LogP contribution in [-0.2, 0) is 27.2 Å². The first-order chi connectivity index (χ1) is 2.00. The molecule has 0 spiro atoms. The van der Waals surface area contributed by atoms with E-state index in [2.05, 4.69) is 0 Å². The number of rotatable bonds is 0. The van der Waals surface area contributed by atoms with Crippen LogP contribution in [0, 0.1) is 0 Å². The first-order valence-corrected chi connectivity index (χ1v) is 2.77. The fraction of sp³-hybridized carbons (Fsp3) is 1.00. The molecule has 0 aliphatic carbocycles. The van der Waals surface area contributed by atoms with Crippen LogP contribution < -0.4 is 0 Å². The fourth-order valence-corrected chi connectivity index (χ4v) is 0. The van der Waals surface area contributed by atoms with Gasteiger partial charge in [-0.05, 0) is 0 Å². The van der Waals surface area contributed by atoms with E-state index >= 15 is 0 Å². The molecule has 3 N–H and O–H groups in total. The van der Waals surface area contributed by atoms with Gasteiger partial charge in [0.1, 0.15) is 0 Å². The SMILES string of the molecule is CS(=O)(=O)O.O.[Cu]. The second kappa shape index (κ2) is 4.55. The van der Waals surface area contributed by atoms with E-state index in [1.807, 2.05) is 0 Å². The molecule has 0 aromatic heterocycles. The topological polar surface area (TPSA) is 85.9 Å². The van der Waals surface area contributed by atoms with Crippen LogP contribution >= 0.6 is 0 Å². The molecule has 0 aromatic carbocycles. The van der Waals surface area contributed by atoms with Crippen LogP contribution in [0.1, 0.15) is 0 Å². The molecule has 0 bridgehead atoms. The third kappa shape index (κ3) is 812. The van der Waals surface area contributed by atoms with E-state index in [-0.39, 0.29) is 22.5 Å². The van der Waals surface area contributed by atoms with Crippen molar-refractivity contribution in [2.24, 2.45) is 0 Å². The Balaban J connectivity index is -0.0000000800. The molecule has 0 unspecified atom stereocenters. The zero-order chi connectivity index (χ0) is 4.50. The van der Waals surface area contributed by atoms with Gasteiger partial charge in [-0.15, -0.1) is 0 Å². The van der Waals surface area contributed by atoms with Gasteiger partial charge in [-0.25, -0.2) is 0 Å². The number of hydrogen-bond donors (Lipinski definition) is 1. The first-order valence-electron chi connectivity index (χ1n) is 0.924. The first kappa shape index (κ1) is 15.7. The Bertz CT molecular complexity index is 94.9. The molecule has 0 aromatic rings. The molecule has 0 rings (SSSR count). The molecule has 7 heavy (non-hydrogen) atoms. The maximum atomic E-state index is 9.19. The molecule has 0 aliphatic rings. The van der Waals surface area contributed by atoms with Crippen LogP contribution in [0.15, 0.2) is 0 Å². The van der Waals surface area contributed by atoms with Gasteiger partial charge in [-0.1, -0.05) is 0 Å². The van der Waals surface area contributed by atoms with Crippen LogP contribution in [0.3, 0.4) is 0 Å². The van der Waals surface area contributed by atoms with E-state index in [9.17, 15) is 8.42 Å². The molecule has 0 saturated carbocycles. The van der Waals surface area contributed by atoms with E-state index in [1.54, 1.807) is 0 Å². The third-order valence-corrected chi connectivity index (χ3v) is 0. The van der Waals surface area contributed by atoms with Crippen molar-refractivity contribution in [2.45, 2.75) is 0 Å². The standard InChI is InChI=1S/CH4O3S.Cu.H2O/c1-5(2,3)4;;/h1H3,(H,2,3,4);;1H2. The molecule has 0 heterocycles. The van der Waals surface area contributed by atoms with E-state index in [1.165, 1.54) is 0 Å². The molecule has 0 atom stereocenters. The monoisotopic (exact) mass is 177 g/mol. The fourth-order valence-electron chi connectivity index (χ4n) is 0. The van der Waals surface area contributed by atoms with Gasteiger partial charge in [0, 0.05) is 17.1 Å². The van der Waals surface area contributed by atoms with Gasteiger partial charge in [0.05, 0.1) is 6.26 Å². The van der Waals surface area contributed by atoms with Gasteiger partial charge in [-0.2, -0.15) is 8.42 Å². The molecule has 0 saturated heterocycles. The predicted octanol–water partition coefficient (Wildman–Crippen LogP) is -1.32. The van der Waals surface area contributed by atoms with Crippen molar-refractivity contribution < 1.29 is 35.5 Å². The van der Waals surface area contributed by atoms with Gasteiger partial charge in [0.25, 0.3) is 10.1 Å². The second-order valence-electron chi connectivity index (χ2n) is 0.733. The Labute approximate surface area is 52.4 Å². The zero-order valence-electron chi connectivity index (χ0n) is 3.47. The maximum absolute atomic E-state index is 9.19. The molecule has 0 fully saturated rings. The van der Waals surface area contributed by atoms with E-state index in [0.29, 0.717) is 6.26 Å². The summed E-state index contributed by atoms with van der Waals surface area (Å²) < 4.78 is 25.9. The molecular formula is CH6CuO4S. The van der Waals surface area contributed by atoms with Crippen molar-refractivity contribution >= 4 is 10.1 Å². The summed E-state index contributed by atoms with van der Waals surface area (Å²) in [5.74, 6) is 0. The summed E-state index contributed by atoms with van der Waals surface area (Å²) in [6.07, 6.45) is 0.715. The Morgan fingerprint density at radius 1 is 1.43 bits per heavy atom. The minimum Gasteiger partial charge on any atom is -0.412 e. The van der Waals surface area contributed by atoms with Crippen molar-refractivity contribution in [1.29, 1.82) is 0 Å².